The Morgan fingerprint density at radius 2 is 1.58 bits per heavy atom. The topological polar surface area (TPSA) is 32.3 Å². The van der Waals surface area contributed by atoms with Crippen molar-refractivity contribution < 1.29 is 18.3 Å². The number of phenolic OH excluding ortho intramolecular Hbond substituents is 1. The van der Waals surface area contributed by atoms with Crippen molar-refractivity contribution in [3.63, 3.8) is 0 Å². The molecule has 19 heavy (non-hydrogen) atoms. The van der Waals surface area contributed by atoms with Crippen LogP contribution in [0.25, 0.3) is 0 Å². The number of para-hydroxylation sites is 1. The molecule has 0 radical (unpaired) electrons. The number of nitrogens with one attached hydrogen (secondary N) is 1. The molecule has 0 aliphatic heterocycles. The quantitative estimate of drug-likeness (QED) is 0.880. The van der Waals surface area contributed by atoms with E-state index in [-0.39, 0.29) is 18.0 Å². The lowest BCUT2D eigenvalue weighted by atomic mass is 10.1. The van der Waals surface area contributed by atoms with E-state index in [2.05, 4.69) is 5.32 Å². The highest BCUT2D eigenvalue weighted by Gasteiger charge is 2.32. The van der Waals surface area contributed by atoms with Crippen molar-refractivity contribution in [2.75, 3.05) is 5.32 Å². The van der Waals surface area contributed by atoms with Crippen LogP contribution in [0.15, 0.2) is 48.5 Å². The first-order valence-corrected chi connectivity index (χ1v) is 5.65. The van der Waals surface area contributed by atoms with Gasteiger partial charge in [0.25, 0.3) is 0 Å². The zero-order valence-electron chi connectivity index (χ0n) is 9.91. The SMILES string of the molecule is Oc1ccc(CNc2ccccc2C(F)(F)F)cc1. The van der Waals surface area contributed by atoms with Crippen molar-refractivity contribution in [3.8, 4) is 5.75 Å². The molecule has 0 unspecified atom stereocenters. The van der Waals surface area contributed by atoms with Crippen LogP contribution in [0.3, 0.4) is 0 Å². The number of rotatable bonds is 3. The van der Waals surface area contributed by atoms with Gasteiger partial charge in [0.15, 0.2) is 0 Å². The minimum absolute atomic E-state index is 0.0445. The van der Waals surface area contributed by atoms with Crippen LogP contribution in [0.2, 0.25) is 0 Å². The van der Waals surface area contributed by atoms with Gasteiger partial charge in [0.05, 0.1) is 5.56 Å². The smallest absolute Gasteiger partial charge is 0.418 e. The fraction of sp³-hybridized carbons (Fsp3) is 0.143. The fourth-order valence-corrected chi connectivity index (χ4v) is 1.70. The Bertz CT molecular complexity index is 549. The zero-order valence-corrected chi connectivity index (χ0v) is 9.91. The van der Waals surface area contributed by atoms with Crippen molar-refractivity contribution >= 4 is 5.69 Å². The average Bonchev–Trinajstić information content (AvgIpc) is 2.37. The molecule has 2 rings (SSSR count). The molecule has 0 aliphatic carbocycles. The van der Waals surface area contributed by atoms with Crippen LogP contribution in [-0.2, 0) is 12.7 Å². The van der Waals surface area contributed by atoms with Gasteiger partial charge in [-0.2, -0.15) is 13.2 Å². The molecule has 0 saturated heterocycles. The van der Waals surface area contributed by atoms with E-state index >= 15 is 0 Å². The van der Waals surface area contributed by atoms with Crippen molar-refractivity contribution in [1.82, 2.24) is 0 Å². The van der Waals surface area contributed by atoms with Crippen molar-refractivity contribution in [3.05, 3.63) is 59.7 Å². The zero-order chi connectivity index (χ0) is 13.9. The summed E-state index contributed by atoms with van der Waals surface area (Å²) in [5.74, 6) is 0.124. The average molecular weight is 267 g/mol. The highest BCUT2D eigenvalue weighted by atomic mass is 19.4. The molecule has 0 fully saturated rings. The monoisotopic (exact) mass is 267 g/mol. The van der Waals surface area contributed by atoms with Crippen molar-refractivity contribution in [2.45, 2.75) is 12.7 Å². The Kier molecular flexibility index (Phi) is 3.64. The molecule has 0 amide bonds. The Morgan fingerprint density at radius 1 is 0.947 bits per heavy atom. The molecule has 5 heteroatoms. The summed E-state index contributed by atoms with van der Waals surface area (Å²) < 4.78 is 38.3. The molecule has 2 aromatic carbocycles. The second kappa shape index (κ2) is 5.22. The van der Waals surface area contributed by atoms with Crippen LogP contribution in [-0.4, -0.2) is 5.11 Å². The first-order valence-electron chi connectivity index (χ1n) is 5.65. The van der Waals surface area contributed by atoms with E-state index in [1.165, 1.54) is 24.3 Å². The molecule has 2 aromatic rings. The van der Waals surface area contributed by atoms with Gasteiger partial charge in [0.2, 0.25) is 0 Å². The van der Waals surface area contributed by atoms with Crippen molar-refractivity contribution in [1.29, 1.82) is 0 Å². The van der Waals surface area contributed by atoms with E-state index in [1.807, 2.05) is 0 Å². The van der Waals surface area contributed by atoms with Crippen LogP contribution >= 0.6 is 0 Å². The molecule has 100 valence electrons. The number of hydrogen-bond donors (Lipinski definition) is 2. The number of phenols is 1. The second-order valence-electron chi connectivity index (χ2n) is 4.06. The number of hydrogen-bond acceptors (Lipinski definition) is 2. The Morgan fingerprint density at radius 3 is 2.21 bits per heavy atom. The molecule has 0 saturated carbocycles. The number of halogens is 3. The molecule has 2 N–H and O–H groups in total. The van der Waals surface area contributed by atoms with Crippen LogP contribution < -0.4 is 5.32 Å². The maximum Gasteiger partial charge on any atom is 0.418 e. The largest absolute Gasteiger partial charge is 0.508 e. The highest BCUT2D eigenvalue weighted by Crippen LogP contribution is 2.34. The van der Waals surface area contributed by atoms with Crippen LogP contribution in [0, 0.1) is 0 Å². The van der Waals surface area contributed by atoms with Gasteiger partial charge in [-0.05, 0) is 29.8 Å². The van der Waals surface area contributed by atoms with Gasteiger partial charge in [0, 0.05) is 12.2 Å². The molecule has 2 nitrogen and oxygen atoms in total. The van der Waals surface area contributed by atoms with Crippen LogP contribution in [0.4, 0.5) is 18.9 Å². The number of benzene rings is 2. The van der Waals surface area contributed by atoms with Gasteiger partial charge >= 0.3 is 6.18 Å². The molecular formula is C14H12F3NO. The van der Waals surface area contributed by atoms with Gasteiger partial charge in [0.1, 0.15) is 5.75 Å². The van der Waals surface area contributed by atoms with Gasteiger partial charge in [-0.25, -0.2) is 0 Å². The van der Waals surface area contributed by atoms with Gasteiger partial charge in [-0.15, -0.1) is 0 Å². The molecule has 0 heterocycles. The maximum atomic E-state index is 12.8. The molecule has 0 aromatic heterocycles. The minimum atomic E-state index is -4.38. The Labute approximate surface area is 108 Å². The first-order chi connectivity index (χ1) is 8.97. The van der Waals surface area contributed by atoms with Crippen LogP contribution in [0.5, 0.6) is 5.75 Å². The molecule has 0 bridgehead atoms. The molecular weight excluding hydrogens is 255 g/mol. The normalized spacial score (nSPS) is 11.3. The number of anilines is 1. The van der Waals surface area contributed by atoms with Gasteiger partial charge in [-0.1, -0.05) is 24.3 Å². The van der Waals surface area contributed by atoms with E-state index in [9.17, 15) is 13.2 Å². The molecule has 0 aliphatic rings. The summed E-state index contributed by atoms with van der Waals surface area (Å²) in [6.45, 7) is 0.257. The minimum Gasteiger partial charge on any atom is -0.508 e. The summed E-state index contributed by atoms with van der Waals surface area (Å²) in [6, 6.07) is 11.6. The summed E-state index contributed by atoms with van der Waals surface area (Å²) in [6.07, 6.45) is -4.38. The Hall–Kier alpha value is -2.17. The summed E-state index contributed by atoms with van der Waals surface area (Å²) in [7, 11) is 0. The Balaban J connectivity index is 2.14. The van der Waals surface area contributed by atoms with Gasteiger partial charge < -0.3 is 10.4 Å². The first kappa shape index (κ1) is 13.3. The van der Waals surface area contributed by atoms with Gasteiger partial charge in [-0.3, -0.25) is 0 Å². The van der Waals surface area contributed by atoms with E-state index in [0.29, 0.717) is 0 Å². The summed E-state index contributed by atoms with van der Waals surface area (Å²) in [5.41, 5.74) is 0.145. The number of alkyl halides is 3. The summed E-state index contributed by atoms with van der Waals surface area (Å²) in [4.78, 5) is 0. The van der Waals surface area contributed by atoms with E-state index in [0.717, 1.165) is 11.6 Å². The van der Waals surface area contributed by atoms with E-state index < -0.39 is 11.7 Å². The fourth-order valence-electron chi connectivity index (χ4n) is 1.70. The summed E-state index contributed by atoms with van der Waals surface area (Å²) in [5, 5.41) is 11.9. The third-order valence-corrected chi connectivity index (χ3v) is 2.65. The lowest BCUT2D eigenvalue weighted by Crippen LogP contribution is -2.10. The van der Waals surface area contributed by atoms with E-state index in [1.54, 1.807) is 18.2 Å². The van der Waals surface area contributed by atoms with Crippen molar-refractivity contribution in [2.24, 2.45) is 0 Å². The lowest BCUT2D eigenvalue weighted by Gasteiger charge is -2.14. The standard InChI is InChI=1S/C14H12F3NO/c15-14(16,17)12-3-1-2-4-13(12)18-9-10-5-7-11(19)8-6-10/h1-8,18-19H,9H2. The predicted octanol–water partition coefficient (Wildman–Crippen LogP) is 4.02. The maximum absolute atomic E-state index is 12.8. The van der Waals surface area contributed by atoms with Crippen LogP contribution in [0.1, 0.15) is 11.1 Å². The highest BCUT2D eigenvalue weighted by molar-refractivity contribution is 5.52. The summed E-state index contributed by atoms with van der Waals surface area (Å²) >= 11 is 0. The molecule has 0 spiro atoms. The second-order valence-corrected chi connectivity index (χ2v) is 4.06. The van der Waals surface area contributed by atoms with E-state index in [4.69, 9.17) is 5.11 Å². The third kappa shape index (κ3) is 3.40. The number of aromatic hydroxyl groups is 1. The third-order valence-electron chi connectivity index (χ3n) is 2.65. The predicted molar refractivity (Wildman–Crippen MR) is 66.9 cm³/mol. The molecule has 0 atom stereocenters. The lowest BCUT2D eigenvalue weighted by molar-refractivity contribution is -0.136.